The number of nitrogens with one attached hydrogen (secondary N) is 2. The third-order valence-electron chi connectivity index (χ3n) is 4.28. The molecule has 28 heavy (non-hydrogen) atoms. The van der Waals surface area contributed by atoms with Crippen LogP contribution in [-0.4, -0.2) is 33.9 Å². The summed E-state index contributed by atoms with van der Waals surface area (Å²) < 4.78 is 33.1. The molecule has 2 amide bonds. The molecule has 3 rings (SSSR count). The Bertz CT molecular complexity index is 1000. The summed E-state index contributed by atoms with van der Waals surface area (Å²) in [4.78, 5) is 24.7. The number of carbonyl (C=O) groups excluding carboxylic acids is 2. The van der Waals surface area contributed by atoms with Crippen molar-refractivity contribution in [2.24, 2.45) is 0 Å². The van der Waals surface area contributed by atoms with Gasteiger partial charge in [-0.25, -0.2) is 8.42 Å². The zero-order valence-electron chi connectivity index (χ0n) is 15.6. The van der Waals surface area contributed by atoms with E-state index < -0.39 is 10.0 Å². The van der Waals surface area contributed by atoms with E-state index in [0.29, 0.717) is 35.8 Å². The molecular formula is C19H21N3O5S. The maximum atomic E-state index is 12.6. The SMILES string of the molecule is COc1cc(NS(=O)(=O)c2ccc(NC(C)=O)cc2)ccc1N1CCCC1=O. The Balaban J connectivity index is 1.82. The van der Waals surface area contributed by atoms with Crippen molar-refractivity contribution in [1.29, 1.82) is 0 Å². The highest BCUT2D eigenvalue weighted by Gasteiger charge is 2.25. The Morgan fingerprint density at radius 3 is 2.36 bits per heavy atom. The molecule has 1 saturated heterocycles. The predicted octanol–water partition coefficient (Wildman–Crippen LogP) is 2.58. The minimum Gasteiger partial charge on any atom is -0.494 e. The number of hydrogen-bond acceptors (Lipinski definition) is 5. The second kappa shape index (κ2) is 7.89. The second-order valence-electron chi connectivity index (χ2n) is 6.35. The van der Waals surface area contributed by atoms with Crippen molar-refractivity contribution >= 4 is 38.9 Å². The molecule has 0 spiro atoms. The lowest BCUT2D eigenvalue weighted by atomic mass is 10.2. The smallest absolute Gasteiger partial charge is 0.261 e. The Morgan fingerprint density at radius 1 is 1.11 bits per heavy atom. The van der Waals surface area contributed by atoms with Crippen molar-refractivity contribution in [1.82, 2.24) is 0 Å². The molecule has 2 N–H and O–H groups in total. The van der Waals surface area contributed by atoms with Crippen molar-refractivity contribution in [3.63, 3.8) is 0 Å². The van der Waals surface area contributed by atoms with Gasteiger partial charge in [-0.05, 0) is 42.8 Å². The molecule has 1 aliphatic heterocycles. The highest BCUT2D eigenvalue weighted by atomic mass is 32.2. The Labute approximate surface area is 163 Å². The van der Waals surface area contributed by atoms with Gasteiger partial charge in [-0.2, -0.15) is 0 Å². The number of methoxy groups -OCH3 is 1. The molecule has 0 atom stereocenters. The molecule has 0 aliphatic carbocycles. The maximum Gasteiger partial charge on any atom is 0.261 e. The van der Waals surface area contributed by atoms with Crippen LogP contribution in [0.5, 0.6) is 5.75 Å². The topological polar surface area (TPSA) is 105 Å². The molecule has 2 aromatic carbocycles. The van der Waals surface area contributed by atoms with Gasteiger partial charge in [0.05, 0.1) is 23.4 Å². The van der Waals surface area contributed by atoms with Crippen LogP contribution >= 0.6 is 0 Å². The highest BCUT2D eigenvalue weighted by Crippen LogP contribution is 2.34. The van der Waals surface area contributed by atoms with Crippen LogP contribution in [0.25, 0.3) is 0 Å². The van der Waals surface area contributed by atoms with E-state index in [0.717, 1.165) is 6.42 Å². The van der Waals surface area contributed by atoms with Crippen LogP contribution in [0.2, 0.25) is 0 Å². The first-order valence-electron chi connectivity index (χ1n) is 8.69. The number of ether oxygens (including phenoxy) is 1. The normalized spacial score (nSPS) is 14.1. The molecule has 9 heteroatoms. The lowest BCUT2D eigenvalue weighted by Crippen LogP contribution is -2.24. The summed E-state index contributed by atoms with van der Waals surface area (Å²) in [6.07, 6.45) is 1.27. The lowest BCUT2D eigenvalue weighted by molar-refractivity contribution is -0.117. The average molecular weight is 403 g/mol. The Morgan fingerprint density at radius 2 is 1.79 bits per heavy atom. The first-order valence-corrected chi connectivity index (χ1v) is 10.2. The van der Waals surface area contributed by atoms with E-state index in [1.54, 1.807) is 23.1 Å². The first kappa shape index (κ1) is 19.7. The number of amides is 2. The fraction of sp³-hybridized carbons (Fsp3) is 0.263. The second-order valence-corrected chi connectivity index (χ2v) is 8.03. The number of carbonyl (C=O) groups is 2. The predicted molar refractivity (Wildman–Crippen MR) is 106 cm³/mol. The van der Waals surface area contributed by atoms with Gasteiger partial charge in [0.25, 0.3) is 10.0 Å². The van der Waals surface area contributed by atoms with E-state index in [4.69, 9.17) is 4.74 Å². The summed E-state index contributed by atoms with van der Waals surface area (Å²) in [6.45, 7) is 1.99. The molecule has 0 bridgehead atoms. The molecule has 0 saturated carbocycles. The van der Waals surface area contributed by atoms with Gasteiger partial charge in [0.1, 0.15) is 5.75 Å². The summed E-state index contributed by atoms with van der Waals surface area (Å²) >= 11 is 0. The number of nitrogens with zero attached hydrogens (tertiary/aromatic N) is 1. The maximum absolute atomic E-state index is 12.6. The van der Waals surface area contributed by atoms with Crippen LogP contribution in [0, 0.1) is 0 Å². The largest absolute Gasteiger partial charge is 0.494 e. The summed E-state index contributed by atoms with van der Waals surface area (Å²) in [7, 11) is -2.35. The van der Waals surface area contributed by atoms with Crippen LogP contribution in [0.15, 0.2) is 47.4 Å². The number of sulfonamides is 1. The van der Waals surface area contributed by atoms with E-state index in [-0.39, 0.29) is 16.7 Å². The van der Waals surface area contributed by atoms with E-state index in [9.17, 15) is 18.0 Å². The molecule has 0 radical (unpaired) electrons. The van der Waals surface area contributed by atoms with Crippen molar-refractivity contribution in [3.05, 3.63) is 42.5 Å². The molecule has 0 unspecified atom stereocenters. The standard InChI is InChI=1S/C19H21N3O5S/c1-13(23)20-14-5-8-16(9-6-14)28(25,26)21-15-7-10-17(18(12-15)27-2)22-11-3-4-19(22)24/h5-10,12,21H,3-4,11H2,1-2H3,(H,20,23). The molecule has 148 valence electrons. The zero-order chi connectivity index (χ0) is 20.3. The van der Waals surface area contributed by atoms with Crippen molar-refractivity contribution in [3.8, 4) is 5.75 Å². The molecule has 1 fully saturated rings. The fourth-order valence-corrected chi connectivity index (χ4v) is 4.05. The van der Waals surface area contributed by atoms with Crippen LogP contribution in [0.3, 0.4) is 0 Å². The fourth-order valence-electron chi connectivity index (χ4n) is 3.00. The van der Waals surface area contributed by atoms with Crippen molar-refractivity contribution < 1.29 is 22.7 Å². The van der Waals surface area contributed by atoms with Gasteiger partial charge in [-0.1, -0.05) is 0 Å². The van der Waals surface area contributed by atoms with Gasteiger partial charge >= 0.3 is 0 Å². The molecular weight excluding hydrogens is 382 g/mol. The summed E-state index contributed by atoms with van der Waals surface area (Å²) in [5.74, 6) is 0.194. The van der Waals surface area contributed by atoms with Crippen LogP contribution < -0.4 is 19.7 Å². The van der Waals surface area contributed by atoms with Crippen LogP contribution in [0.1, 0.15) is 19.8 Å². The third-order valence-corrected chi connectivity index (χ3v) is 5.68. The van der Waals surface area contributed by atoms with Crippen LogP contribution in [0.4, 0.5) is 17.1 Å². The number of benzene rings is 2. The Kier molecular flexibility index (Phi) is 5.55. The van der Waals surface area contributed by atoms with Gasteiger partial charge in [-0.3, -0.25) is 14.3 Å². The average Bonchev–Trinajstić information content (AvgIpc) is 3.07. The van der Waals surface area contributed by atoms with Gasteiger partial charge in [0.15, 0.2) is 0 Å². The lowest BCUT2D eigenvalue weighted by Gasteiger charge is -2.20. The number of anilines is 3. The van der Waals surface area contributed by atoms with E-state index in [1.165, 1.54) is 38.3 Å². The molecule has 2 aromatic rings. The molecule has 8 nitrogen and oxygen atoms in total. The zero-order valence-corrected chi connectivity index (χ0v) is 16.4. The highest BCUT2D eigenvalue weighted by molar-refractivity contribution is 7.92. The summed E-state index contributed by atoms with van der Waals surface area (Å²) in [5, 5.41) is 2.58. The molecule has 1 heterocycles. The van der Waals surface area contributed by atoms with Gasteiger partial charge in [0.2, 0.25) is 11.8 Å². The summed E-state index contributed by atoms with van der Waals surface area (Å²) in [5.41, 5.74) is 1.44. The Hall–Kier alpha value is -3.07. The van der Waals surface area contributed by atoms with E-state index in [1.807, 2.05) is 0 Å². The minimum absolute atomic E-state index is 0.0193. The monoisotopic (exact) mass is 403 g/mol. The third kappa shape index (κ3) is 4.25. The van der Waals surface area contributed by atoms with E-state index in [2.05, 4.69) is 10.0 Å². The van der Waals surface area contributed by atoms with Crippen molar-refractivity contribution in [2.45, 2.75) is 24.7 Å². The van der Waals surface area contributed by atoms with Crippen molar-refractivity contribution in [2.75, 3.05) is 28.6 Å². The van der Waals surface area contributed by atoms with E-state index >= 15 is 0 Å². The van der Waals surface area contributed by atoms with Gasteiger partial charge in [0, 0.05) is 31.6 Å². The van der Waals surface area contributed by atoms with Gasteiger partial charge < -0.3 is 15.0 Å². The molecule has 1 aliphatic rings. The molecule has 0 aromatic heterocycles. The number of hydrogen-bond donors (Lipinski definition) is 2. The van der Waals surface area contributed by atoms with Crippen LogP contribution in [-0.2, 0) is 19.6 Å². The first-order chi connectivity index (χ1) is 13.3. The summed E-state index contributed by atoms with van der Waals surface area (Å²) in [6, 6.07) is 10.6. The number of rotatable bonds is 6. The minimum atomic E-state index is -3.82. The quantitative estimate of drug-likeness (QED) is 0.771. The van der Waals surface area contributed by atoms with Gasteiger partial charge in [-0.15, -0.1) is 0 Å².